The number of nitrogens with two attached hydrogens (primary N) is 1. The number of hydrogen-bond donors (Lipinski definition) is 1. The van der Waals surface area contributed by atoms with E-state index in [0.717, 1.165) is 9.90 Å². The zero-order valence-electron chi connectivity index (χ0n) is 12.5. The van der Waals surface area contributed by atoms with Crippen LogP contribution in [0.4, 0.5) is 0 Å². The Labute approximate surface area is 130 Å². The topological polar surface area (TPSA) is 26.0 Å². The van der Waals surface area contributed by atoms with Crippen LogP contribution in [0.5, 0.6) is 0 Å². The van der Waals surface area contributed by atoms with Gasteiger partial charge in [-0.05, 0) is 40.0 Å². The summed E-state index contributed by atoms with van der Waals surface area (Å²) in [6.07, 6.45) is 0. The van der Waals surface area contributed by atoms with E-state index in [0.29, 0.717) is 11.8 Å². The second-order valence-electron chi connectivity index (χ2n) is 5.81. The van der Waals surface area contributed by atoms with Crippen molar-refractivity contribution in [2.75, 3.05) is 0 Å². The van der Waals surface area contributed by atoms with Crippen LogP contribution in [-0.2, 0) is 0 Å². The van der Waals surface area contributed by atoms with Gasteiger partial charge in [-0.25, -0.2) is 0 Å². The highest BCUT2D eigenvalue weighted by atomic mass is 35.5. The third kappa shape index (κ3) is 3.08. The monoisotopic (exact) mass is 307 g/mol. The van der Waals surface area contributed by atoms with Crippen molar-refractivity contribution in [1.29, 1.82) is 0 Å². The van der Waals surface area contributed by atoms with E-state index in [2.05, 4.69) is 45.9 Å². The first-order valence-corrected chi connectivity index (χ1v) is 8.29. The Hall–Kier alpha value is -0.830. The van der Waals surface area contributed by atoms with Crippen molar-refractivity contribution in [3.63, 3.8) is 0 Å². The minimum absolute atomic E-state index is 0.138. The molecule has 0 saturated carbocycles. The molecular formula is C17H22ClNS. The summed E-state index contributed by atoms with van der Waals surface area (Å²) in [4.78, 5) is 1.05. The molecule has 0 saturated heterocycles. The van der Waals surface area contributed by atoms with E-state index in [4.69, 9.17) is 17.3 Å². The highest BCUT2D eigenvalue weighted by molar-refractivity contribution is 7.10. The summed E-state index contributed by atoms with van der Waals surface area (Å²) in [5.74, 6) is 0.983. The molecule has 1 nitrogen and oxygen atoms in total. The number of thiophene rings is 1. The first kappa shape index (κ1) is 15.6. The lowest BCUT2D eigenvalue weighted by atomic mass is 9.88. The minimum atomic E-state index is -0.138. The van der Waals surface area contributed by atoms with Crippen LogP contribution < -0.4 is 5.73 Å². The maximum absolute atomic E-state index is 6.45. The van der Waals surface area contributed by atoms with Gasteiger partial charge in [0.25, 0.3) is 0 Å². The van der Waals surface area contributed by atoms with E-state index in [9.17, 15) is 0 Å². The van der Waals surface area contributed by atoms with Crippen molar-refractivity contribution in [1.82, 2.24) is 0 Å². The van der Waals surface area contributed by atoms with Crippen LogP contribution in [0, 0.1) is 0 Å². The zero-order chi connectivity index (χ0) is 14.9. The van der Waals surface area contributed by atoms with Gasteiger partial charge in [-0.15, -0.1) is 11.3 Å². The van der Waals surface area contributed by atoms with E-state index in [1.165, 1.54) is 16.7 Å². The van der Waals surface area contributed by atoms with Crippen molar-refractivity contribution < 1.29 is 0 Å². The summed E-state index contributed by atoms with van der Waals surface area (Å²) in [6.45, 7) is 8.86. The summed E-state index contributed by atoms with van der Waals surface area (Å²) in [5, 5.41) is 2.76. The van der Waals surface area contributed by atoms with Gasteiger partial charge in [0, 0.05) is 4.88 Å². The minimum Gasteiger partial charge on any atom is -0.320 e. The molecule has 2 aromatic rings. The van der Waals surface area contributed by atoms with Crippen molar-refractivity contribution in [3.8, 4) is 0 Å². The molecule has 108 valence electrons. The maximum Gasteiger partial charge on any atom is 0.0663 e. The smallest absolute Gasteiger partial charge is 0.0663 e. The lowest BCUT2D eigenvalue weighted by Crippen LogP contribution is -2.14. The quantitative estimate of drug-likeness (QED) is 0.770. The van der Waals surface area contributed by atoms with Crippen molar-refractivity contribution in [2.24, 2.45) is 5.73 Å². The van der Waals surface area contributed by atoms with Crippen molar-refractivity contribution in [2.45, 2.75) is 45.6 Å². The Kier molecular flexibility index (Phi) is 4.90. The average molecular weight is 308 g/mol. The fraction of sp³-hybridized carbons (Fsp3) is 0.412. The van der Waals surface area contributed by atoms with Crippen LogP contribution in [0.25, 0.3) is 0 Å². The number of hydrogen-bond acceptors (Lipinski definition) is 2. The third-order valence-electron chi connectivity index (χ3n) is 3.66. The zero-order valence-corrected chi connectivity index (χ0v) is 14.1. The summed E-state index contributed by atoms with van der Waals surface area (Å²) < 4.78 is 0. The second-order valence-corrected chi connectivity index (χ2v) is 7.16. The molecule has 2 N–H and O–H groups in total. The van der Waals surface area contributed by atoms with Gasteiger partial charge in [0.15, 0.2) is 0 Å². The molecule has 1 aromatic carbocycles. The summed E-state index contributed by atoms with van der Waals surface area (Å²) in [6, 6.07) is 8.44. The van der Waals surface area contributed by atoms with Crippen LogP contribution in [0.1, 0.15) is 67.1 Å². The van der Waals surface area contributed by atoms with Gasteiger partial charge in [-0.1, -0.05) is 57.5 Å². The van der Waals surface area contributed by atoms with E-state index >= 15 is 0 Å². The van der Waals surface area contributed by atoms with Gasteiger partial charge in [-0.3, -0.25) is 0 Å². The highest BCUT2D eigenvalue weighted by Gasteiger charge is 2.19. The Morgan fingerprint density at radius 1 is 1.00 bits per heavy atom. The molecule has 0 aliphatic rings. The third-order valence-corrected chi connectivity index (χ3v) is 5.10. The predicted molar refractivity (Wildman–Crippen MR) is 90.0 cm³/mol. The molecule has 0 fully saturated rings. The maximum atomic E-state index is 6.45. The number of benzene rings is 1. The molecular weight excluding hydrogens is 286 g/mol. The normalized spacial score (nSPS) is 13.2. The molecule has 1 aromatic heterocycles. The molecule has 3 heteroatoms. The van der Waals surface area contributed by atoms with Crippen LogP contribution >= 0.6 is 22.9 Å². The van der Waals surface area contributed by atoms with Crippen molar-refractivity contribution >= 4 is 22.9 Å². The SMILES string of the molecule is CC(C)c1ccc(C(N)c2sccc2Cl)c(C(C)C)c1. The highest BCUT2D eigenvalue weighted by Crippen LogP contribution is 2.35. The molecule has 0 radical (unpaired) electrons. The molecule has 2 rings (SSSR count). The van der Waals surface area contributed by atoms with E-state index in [1.54, 1.807) is 11.3 Å². The summed E-state index contributed by atoms with van der Waals surface area (Å²) >= 11 is 7.86. The van der Waals surface area contributed by atoms with Gasteiger partial charge in [0.1, 0.15) is 0 Å². The number of halogens is 1. The Balaban J connectivity index is 2.48. The van der Waals surface area contributed by atoms with Gasteiger partial charge in [0.2, 0.25) is 0 Å². The molecule has 1 atom stereocenters. The van der Waals surface area contributed by atoms with Gasteiger partial charge < -0.3 is 5.73 Å². The molecule has 0 aliphatic carbocycles. The van der Waals surface area contributed by atoms with Crippen LogP contribution in [0.15, 0.2) is 29.6 Å². The predicted octanol–water partition coefficient (Wildman–Crippen LogP) is 5.70. The molecule has 1 heterocycles. The molecule has 1 unspecified atom stereocenters. The Morgan fingerprint density at radius 3 is 2.20 bits per heavy atom. The van der Waals surface area contributed by atoms with E-state index in [1.807, 2.05) is 11.4 Å². The van der Waals surface area contributed by atoms with Gasteiger partial charge in [0.05, 0.1) is 11.1 Å². The molecule has 0 amide bonds. The van der Waals surface area contributed by atoms with Crippen LogP contribution in [0.3, 0.4) is 0 Å². The number of rotatable bonds is 4. The largest absolute Gasteiger partial charge is 0.320 e. The fourth-order valence-corrected chi connectivity index (χ4v) is 3.60. The molecule has 0 bridgehead atoms. The van der Waals surface area contributed by atoms with Crippen LogP contribution in [-0.4, -0.2) is 0 Å². The first-order chi connectivity index (χ1) is 9.41. The lowest BCUT2D eigenvalue weighted by Gasteiger charge is -2.20. The fourth-order valence-electron chi connectivity index (χ4n) is 2.40. The lowest BCUT2D eigenvalue weighted by molar-refractivity contribution is 0.787. The average Bonchev–Trinajstić information content (AvgIpc) is 2.83. The van der Waals surface area contributed by atoms with Crippen molar-refractivity contribution in [3.05, 3.63) is 56.2 Å². The Morgan fingerprint density at radius 2 is 1.70 bits per heavy atom. The summed E-state index contributed by atoms with van der Waals surface area (Å²) in [5.41, 5.74) is 10.3. The molecule has 0 aliphatic heterocycles. The van der Waals surface area contributed by atoms with E-state index in [-0.39, 0.29) is 6.04 Å². The standard InChI is InChI=1S/C17H22ClNS/c1-10(2)12-5-6-13(14(9-12)11(3)4)16(19)17-15(18)7-8-20-17/h5-11,16H,19H2,1-4H3. The second kappa shape index (κ2) is 6.30. The van der Waals surface area contributed by atoms with E-state index < -0.39 is 0 Å². The van der Waals surface area contributed by atoms with Crippen LogP contribution in [0.2, 0.25) is 5.02 Å². The first-order valence-electron chi connectivity index (χ1n) is 7.04. The molecule has 0 spiro atoms. The van der Waals surface area contributed by atoms with Gasteiger partial charge in [-0.2, -0.15) is 0 Å². The summed E-state index contributed by atoms with van der Waals surface area (Å²) in [7, 11) is 0. The van der Waals surface area contributed by atoms with Gasteiger partial charge >= 0.3 is 0 Å². The Bertz CT molecular complexity index is 586. The molecule has 20 heavy (non-hydrogen) atoms.